The van der Waals surface area contributed by atoms with E-state index in [9.17, 15) is 9.59 Å². The van der Waals surface area contributed by atoms with Crippen molar-refractivity contribution in [2.75, 3.05) is 6.61 Å². The van der Waals surface area contributed by atoms with Crippen molar-refractivity contribution in [3.05, 3.63) is 64.7 Å². The third kappa shape index (κ3) is 6.99. The molecule has 0 spiro atoms. The molecule has 0 saturated heterocycles. The molecule has 0 bridgehead atoms. The summed E-state index contributed by atoms with van der Waals surface area (Å²) in [5.41, 5.74) is 2.04. The number of carbonyl (C=O) groups is 2. The van der Waals surface area contributed by atoms with Gasteiger partial charge in [0.25, 0.3) is 5.91 Å². The van der Waals surface area contributed by atoms with Crippen molar-refractivity contribution in [2.45, 2.75) is 71.0 Å². The first-order chi connectivity index (χ1) is 15.5. The fourth-order valence-electron chi connectivity index (χ4n) is 4.11. The van der Waals surface area contributed by atoms with E-state index >= 15 is 0 Å². The monoisotopic (exact) mass is 456 g/mol. The Labute approximate surface area is 196 Å². The Hall–Kier alpha value is -2.53. The van der Waals surface area contributed by atoms with Gasteiger partial charge in [0.2, 0.25) is 5.91 Å². The highest BCUT2D eigenvalue weighted by atomic mass is 35.5. The Morgan fingerprint density at radius 2 is 1.72 bits per heavy atom. The molecule has 1 N–H and O–H groups in total. The SMILES string of the molecule is CCC(C(=O)NC1CCCCC1)N(Cc1ccc(Cl)cc1)C(=O)COc1ccc(C)cc1. The number of nitrogens with zero attached hydrogens (tertiary/aromatic N) is 1. The predicted octanol–water partition coefficient (Wildman–Crippen LogP) is 5.28. The van der Waals surface area contributed by atoms with Crippen LogP contribution in [0.5, 0.6) is 5.75 Å². The van der Waals surface area contributed by atoms with Crippen molar-refractivity contribution >= 4 is 23.4 Å². The molecule has 1 saturated carbocycles. The summed E-state index contributed by atoms with van der Waals surface area (Å²) in [5.74, 6) is 0.332. The fourth-order valence-corrected chi connectivity index (χ4v) is 4.24. The Morgan fingerprint density at radius 3 is 2.34 bits per heavy atom. The van der Waals surface area contributed by atoms with Gasteiger partial charge >= 0.3 is 0 Å². The van der Waals surface area contributed by atoms with Gasteiger partial charge < -0.3 is 15.0 Å². The number of ether oxygens (including phenoxy) is 1. The molecule has 3 rings (SSSR count). The van der Waals surface area contributed by atoms with Gasteiger partial charge in [-0.1, -0.05) is 67.6 Å². The highest BCUT2D eigenvalue weighted by Gasteiger charge is 2.30. The van der Waals surface area contributed by atoms with Crippen LogP contribution in [0.15, 0.2) is 48.5 Å². The van der Waals surface area contributed by atoms with Crippen LogP contribution in [0.3, 0.4) is 0 Å². The lowest BCUT2D eigenvalue weighted by Crippen LogP contribution is -2.52. The molecule has 1 aliphatic rings. The molecule has 2 aromatic rings. The average molecular weight is 457 g/mol. The van der Waals surface area contributed by atoms with Crippen molar-refractivity contribution in [2.24, 2.45) is 0 Å². The average Bonchev–Trinajstić information content (AvgIpc) is 2.80. The van der Waals surface area contributed by atoms with Crippen molar-refractivity contribution < 1.29 is 14.3 Å². The lowest BCUT2D eigenvalue weighted by molar-refractivity contribution is -0.143. The van der Waals surface area contributed by atoms with E-state index in [1.807, 2.05) is 50.2 Å². The van der Waals surface area contributed by atoms with Gasteiger partial charge in [-0.2, -0.15) is 0 Å². The van der Waals surface area contributed by atoms with Crippen LogP contribution in [0, 0.1) is 6.92 Å². The van der Waals surface area contributed by atoms with Crippen LogP contribution in [0.2, 0.25) is 5.02 Å². The van der Waals surface area contributed by atoms with E-state index in [1.165, 1.54) is 6.42 Å². The maximum absolute atomic E-state index is 13.2. The van der Waals surface area contributed by atoms with Crippen LogP contribution in [-0.4, -0.2) is 35.4 Å². The summed E-state index contributed by atoms with van der Waals surface area (Å²) in [6, 6.07) is 14.6. The van der Waals surface area contributed by atoms with Gasteiger partial charge in [0.05, 0.1) is 0 Å². The van der Waals surface area contributed by atoms with E-state index < -0.39 is 6.04 Å². The minimum absolute atomic E-state index is 0.0861. The Balaban J connectivity index is 1.73. The third-order valence-electron chi connectivity index (χ3n) is 5.99. The van der Waals surface area contributed by atoms with Crippen LogP contribution < -0.4 is 10.1 Å². The van der Waals surface area contributed by atoms with Crippen LogP contribution >= 0.6 is 11.6 Å². The molecule has 0 aromatic heterocycles. The van der Waals surface area contributed by atoms with E-state index in [0.717, 1.165) is 36.8 Å². The van der Waals surface area contributed by atoms with Gasteiger partial charge in [-0.05, 0) is 56.0 Å². The number of hydrogen-bond acceptors (Lipinski definition) is 3. The van der Waals surface area contributed by atoms with Crippen molar-refractivity contribution in [1.82, 2.24) is 10.2 Å². The first-order valence-electron chi connectivity index (χ1n) is 11.5. The van der Waals surface area contributed by atoms with E-state index in [4.69, 9.17) is 16.3 Å². The number of benzene rings is 2. The molecule has 0 radical (unpaired) electrons. The minimum atomic E-state index is -0.554. The Kier molecular flexibility index (Phi) is 8.98. The Morgan fingerprint density at radius 1 is 1.06 bits per heavy atom. The second kappa shape index (κ2) is 11.9. The van der Waals surface area contributed by atoms with E-state index in [2.05, 4.69) is 5.32 Å². The lowest BCUT2D eigenvalue weighted by Gasteiger charge is -2.32. The Bertz CT molecular complexity index is 877. The summed E-state index contributed by atoms with van der Waals surface area (Å²) in [6.45, 7) is 4.14. The largest absolute Gasteiger partial charge is 0.484 e. The summed E-state index contributed by atoms with van der Waals surface area (Å²) in [5, 5.41) is 3.82. The number of rotatable bonds is 9. The number of aryl methyl sites for hydroxylation is 1. The standard InChI is InChI=1S/C26H33ClN2O3/c1-3-24(26(31)28-22-7-5-4-6-8-22)29(17-20-11-13-21(27)14-12-20)25(30)18-32-23-15-9-19(2)10-16-23/h9-16,22,24H,3-8,17-18H2,1-2H3,(H,28,31). The van der Waals surface area contributed by atoms with E-state index in [-0.39, 0.29) is 24.5 Å². The minimum Gasteiger partial charge on any atom is -0.484 e. The number of hydrogen-bond donors (Lipinski definition) is 1. The first kappa shape index (κ1) is 24.1. The molecular formula is C26H33ClN2O3. The number of carbonyl (C=O) groups excluding carboxylic acids is 2. The highest BCUT2D eigenvalue weighted by Crippen LogP contribution is 2.20. The van der Waals surface area contributed by atoms with E-state index in [0.29, 0.717) is 23.7 Å². The zero-order valence-electron chi connectivity index (χ0n) is 19.0. The second-order valence-electron chi connectivity index (χ2n) is 8.52. The summed E-state index contributed by atoms with van der Waals surface area (Å²) in [6.07, 6.45) is 6.04. The van der Waals surface area contributed by atoms with Gasteiger partial charge in [0.15, 0.2) is 6.61 Å². The predicted molar refractivity (Wildman–Crippen MR) is 128 cm³/mol. The second-order valence-corrected chi connectivity index (χ2v) is 8.95. The fraction of sp³-hybridized carbons (Fsp3) is 0.462. The first-order valence-corrected chi connectivity index (χ1v) is 11.9. The summed E-state index contributed by atoms with van der Waals surface area (Å²) in [4.78, 5) is 28.1. The summed E-state index contributed by atoms with van der Waals surface area (Å²) >= 11 is 6.02. The highest BCUT2D eigenvalue weighted by molar-refractivity contribution is 6.30. The molecule has 0 heterocycles. The van der Waals surface area contributed by atoms with Crippen LogP contribution in [0.25, 0.3) is 0 Å². The molecule has 2 amide bonds. The maximum Gasteiger partial charge on any atom is 0.261 e. The topological polar surface area (TPSA) is 58.6 Å². The number of halogens is 1. The van der Waals surface area contributed by atoms with Gasteiger partial charge in [0.1, 0.15) is 11.8 Å². The zero-order valence-corrected chi connectivity index (χ0v) is 19.7. The van der Waals surface area contributed by atoms with Gasteiger partial charge in [0, 0.05) is 17.6 Å². The maximum atomic E-state index is 13.2. The van der Waals surface area contributed by atoms with Gasteiger partial charge in [-0.3, -0.25) is 9.59 Å². The quantitative estimate of drug-likeness (QED) is 0.558. The van der Waals surface area contributed by atoms with Gasteiger partial charge in [-0.25, -0.2) is 0 Å². The normalized spacial score (nSPS) is 15.1. The van der Waals surface area contributed by atoms with Crippen molar-refractivity contribution in [3.8, 4) is 5.75 Å². The van der Waals surface area contributed by atoms with Crippen molar-refractivity contribution in [3.63, 3.8) is 0 Å². The third-order valence-corrected chi connectivity index (χ3v) is 6.24. The van der Waals surface area contributed by atoms with Gasteiger partial charge in [-0.15, -0.1) is 0 Å². The molecule has 1 unspecified atom stereocenters. The smallest absolute Gasteiger partial charge is 0.261 e. The molecule has 1 atom stereocenters. The van der Waals surface area contributed by atoms with E-state index in [1.54, 1.807) is 17.0 Å². The molecule has 2 aromatic carbocycles. The molecule has 172 valence electrons. The van der Waals surface area contributed by atoms with Crippen LogP contribution in [-0.2, 0) is 16.1 Å². The zero-order chi connectivity index (χ0) is 22.9. The lowest BCUT2D eigenvalue weighted by atomic mass is 9.95. The molecule has 32 heavy (non-hydrogen) atoms. The summed E-state index contributed by atoms with van der Waals surface area (Å²) < 4.78 is 5.74. The van der Waals surface area contributed by atoms with Crippen LogP contribution in [0.1, 0.15) is 56.6 Å². The molecular weight excluding hydrogens is 424 g/mol. The molecule has 5 nitrogen and oxygen atoms in total. The number of nitrogens with one attached hydrogen (secondary N) is 1. The molecule has 1 aliphatic carbocycles. The van der Waals surface area contributed by atoms with Crippen LogP contribution in [0.4, 0.5) is 0 Å². The molecule has 6 heteroatoms. The molecule has 0 aliphatic heterocycles. The summed E-state index contributed by atoms with van der Waals surface area (Å²) in [7, 11) is 0. The van der Waals surface area contributed by atoms with Crippen molar-refractivity contribution in [1.29, 1.82) is 0 Å². The molecule has 1 fully saturated rings. The number of amides is 2.